The normalized spacial score (nSPS) is 19.3. The zero-order chi connectivity index (χ0) is 23.9. The van der Waals surface area contributed by atoms with Crippen molar-refractivity contribution in [3.8, 4) is 0 Å². The van der Waals surface area contributed by atoms with Gasteiger partial charge in [0.25, 0.3) is 0 Å². The third-order valence-corrected chi connectivity index (χ3v) is 6.79. The minimum atomic E-state index is -4.38. The van der Waals surface area contributed by atoms with E-state index in [1.54, 1.807) is 12.3 Å². The van der Waals surface area contributed by atoms with Crippen LogP contribution in [0.5, 0.6) is 0 Å². The van der Waals surface area contributed by atoms with Gasteiger partial charge in [0.2, 0.25) is 0 Å². The second kappa shape index (κ2) is 8.99. The monoisotopic (exact) mass is 472 g/mol. The van der Waals surface area contributed by atoms with Crippen molar-refractivity contribution in [1.29, 1.82) is 0 Å². The Balaban J connectivity index is 1.42. The summed E-state index contributed by atoms with van der Waals surface area (Å²) in [4.78, 5) is 9.40. The minimum absolute atomic E-state index is 0.207. The molecule has 2 fully saturated rings. The molecule has 10 heteroatoms. The Kier molecular flexibility index (Phi) is 6.03. The predicted molar refractivity (Wildman–Crippen MR) is 124 cm³/mol. The van der Waals surface area contributed by atoms with E-state index in [2.05, 4.69) is 30.3 Å². The molecule has 2 aliphatic rings. The van der Waals surface area contributed by atoms with Crippen LogP contribution in [0.25, 0.3) is 10.8 Å². The fourth-order valence-corrected chi connectivity index (χ4v) is 4.78. The van der Waals surface area contributed by atoms with E-state index in [0.717, 1.165) is 67.7 Å². The number of nitrogens with one attached hydrogen (secondary N) is 1. The lowest BCUT2D eigenvalue weighted by atomic mass is 10.0. The van der Waals surface area contributed by atoms with Crippen molar-refractivity contribution >= 4 is 22.4 Å². The molecule has 0 radical (unpaired) electrons. The summed E-state index contributed by atoms with van der Waals surface area (Å²) in [6.45, 7) is 8.70. The fourth-order valence-electron chi connectivity index (χ4n) is 4.78. The van der Waals surface area contributed by atoms with Crippen LogP contribution in [0.1, 0.15) is 22.4 Å². The molecule has 4 heterocycles. The largest absolute Gasteiger partial charge is 0.416 e. The molecule has 0 aliphatic carbocycles. The van der Waals surface area contributed by atoms with Crippen molar-refractivity contribution in [3.63, 3.8) is 0 Å². The standard InChI is InChI=1S/C24H27F3N6O/c1-15-17(4-3-5-21(15)24(25,26)27)11-29-23-19-10-22(28-12-20(19)16(2)30-31-23)33-7-6-32-8-9-34-14-18(32)13-33/h3-5,10,12,18H,6-9,11,13-14H2,1-2H3,(H,29,31). The van der Waals surface area contributed by atoms with Crippen LogP contribution in [-0.4, -0.2) is 65.5 Å². The SMILES string of the molecule is Cc1c(CNc2nnc(C)c3cnc(N4CCN5CCOCC5C4)cc23)cccc1C(F)(F)F. The number of anilines is 2. The smallest absolute Gasteiger partial charge is 0.378 e. The van der Waals surface area contributed by atoms with Crippen molar-refractivity contribution in [2.45, 2.75) is 32.6 Å². The third kappa shape index (κ3) is 4.39. The van der Waals surface area contributed by atoms with Crippen LogP contribution in [0.15, 0.2) is 30.5 Å². The zero-order valence-electron chi connectivity index (χ0n) is 19.2. The van der Waals surface area contributed by atoms with Crippen LogP contribution in [0, 0.1) is 13.8 Å². The summed E-state index contributed by atoms with van der Waals surface area (Å²) in [5, 5.41) is 13.5. The lowest BCUT2D eigenvalue weighted by Crippen LogP contribution is -2.58. The molecule has 180 valence electrons. The molecule has 3 aromatic rings. The number of piperazine rings is 1. The van der Waals surface area contributed by atoms with Gasteiger partial charge in [-0.1, -0.05) is 12.1 Å². The Morgan fingerprint density at radius 3 is 2.79 bits per heavy atom. The molecule has 0 bridgehead atoms. The number of aryl methyl sites for hydroxylation is 1. The highest BCUT2D eigenvalue weighted by molar-refractivity contribution is 5.94. The Morgan fingerprint density at radius 1 is 1.12 bits per heavy atom. The van der Waals surface area contributed by atoms with E-state index in [9.17, 15) is 13.2 Å². The molecule has 0 saturated carbocycles. The van der Waals surface area contributed by atoms with Gasteiger partial charge in [-0.05, 0) is 37.1 Å². The lowest BCUT2D eigenvalue weighted by molar-refractivity contribution is -0.138. The number of aromatic nitrogens is 3. The van der Waals surface area contributed by atoms with Crippen LogP contribution >= 0.6 is 0 Å². The highest BCUT2D eigenvalue weighted by atomic mass is 19.4. The summed E-state index contributed by atoms with van der Waals surface area (Å²) in [5.74, 6) is 1.38. The van der Waals surface area contributed by atoms with Crippen molar-refractivity contribution < 1.29 is 17.9 Å². The van der Waals surface area contributed by atoms with Gasteiger partial charge >= 0.3 is 6.18 Å². The van der Waals surface area contributed by atoms with E-state index in [4.69, 9.17) is 4.74 Å². The summed E-state index contributed by atoms with van der Waals surface area (Å²) in [6.07, 6.45) is -2.58. The minimum Gasteiger partial charge on any atom is -0.378 e. The van der Waals surface area contributed by atoms with Gasteiger partial charge in [-0.2, -0.15) is 18.3 Å². The third-order valence-electron chi connectivity index (χ3n) is 6.79. The highest BCUT2D eigenvalue weighted by Gasteiger charge is 2.33. The van der Waals surface area contributed by atoms with Crippen molar-refractivity contribution in [2.75, 3.05) is 49.6 Å². The number of fused-ring (bicyclic) bond motifs is 2. The molecule has 34 heavy (non-hydrogen) atoms. The Bertz CT molecular complexity index is 1200. The van der Waals surface area contributed by atoms with Gasteiger partial charge < -0.3 is 15.0 Å². The van der Waals surface area contributed by atoms with Gasteiger partial charge in [0.1, 0.15) is 5.82 Å². The molecule has 1 N–H and O–H groups in total. The maximum Gasteiger partial charge on any atom is 0.416 e. The summed E-state index contributed by atoms with van der Waals surface area (Å²) in [5.41, 5.74) is 0.902. The summed E-state index contributed by atoms with van der Waals surface area (Å²) in [6, 6.07) is 6.58. The maximum atomic E-state index is 13.3. The molecule has 0 spiro atoms. The van der Waals surface area contributed by atoms with E-state index in [-0.39, 0.29) is 12.1 Å². The fraction of sp³-hybridized carbons (Fsp3) is 0.458. The highest BCUT2D eigenvalue weighted by Crippen LogP contribution is 2.33. The first-order valence-corrected chi connectivity index (χ1v) is 11.4. The molecule has 1 unspecified atom stereocenters. The van der Waals surface area contributed by atoms with Gasteiger partial charge in [0, 0.05) is 49.7 Å². The number of ether oxygens (including phenoxy) is 1. The Morgan fingerprint density at radius 2 is 1.97 bits per heavy atom. The number of rotatable bonds is 4. The molecule has 5 rings (SSSR count). The number of hydrogen-bond donors (Lipinski definition) is 1. The molecule has 2 aromatic heterocycles. The van der Waals surface area contributed by atoms with Gasteiger partial charge in [0.05, 0.1) is 30.5 Å². The number of morpholine rings is 1. The zero-order valence-corrected chi connectivity index (χ0v) is 19.2. The van der Waals surface area contributed by atoms with E-state index >= 15 is 0 Å². The molecule has 1 aromatic carbocycles. The molecule has 2 saturated heterocycles. The topological polar surface area (TPSA) is 66.4 Å². The molecular weight excluding hydrogens is 445 g/mol. The van der Waals surface area contributed by atoms with Crippen molar-refractivity contribution in [1.82, 2.24) is 20.1 Å². The van der Waals surface area contributed by atoms with Gasteiger partial charge in [-0.3, -0.25) is 4.90 Å². The van der Waals surface area contributed by atoms with E-state index in [0.29, 0.717) is 17.4 Å². The van der Waals surface area contributed by atoms with Crippen LogP contribution in [0.2, 0.25) is 0 Å². The van der Waals surface area contributed by atoms with Crippen LogP contribution < -0.4 is 10.2 Å². The number of hydrogen-bond acceptors (Lipinski definition) is 7. The second-order valence-electron chi connectivity index (χ2n) is 8.87. The van der Waals surface area contributed by atoms with E-state index in [1.807, 2.05) is 13.0 Å². The van der Waals surface area contributed by atoms with Crippen LogP contribution in [0.3, 0.4) is 0 Å². The number of benzene rings is 1. The van der Waals surface area contributed by atoms with E-state index in [1.165, 1.54) is 13.0 Å². The summed E-state index contributed by atoms with van der Waals surface area (Å²) < 4.78 is 45.6. The average molecular weight is 473 g/mol. The number of alkyl halides is 3. The average Bonchev–Trinajstić information content (AvgIpc) is 2.83. The second-order valence-corrected chi connectivity index (χ2v) is 8.87. The molecule has 7 nitrogen and oxygen atoms in total. The maximum absolute atomic E-state index is 13.3. The van der Waals surface area contributed by atoms with Gasteiger partial charge in [-0.15, -0.1) is 5.10 Å². The van der Waals surface area contributed by atoms with Crippen molar-refractivity contribution in [3.05, 3.63) is 52.8 Å². The first-order valence-electron chi connectivity index (χ1n) is 11.4. The molecular formula is C24H27F3N6O. The van der Waals surface area contributed by atoms with Crippen LogP contribution in [0.4, 0.5) is 24.8 Å². The molecule has 1 atom stereocenters. The van der Waals surface area contributed by atoms with E-state index < -0.39 is 11.7 Å². The first-order chi connectivity index (χ1) is 16.3. The Hall–Kier alpha value is -2.98. The Labute approximate surface area is 195 Å². The predicted octanol–water partition coefficient (Wildman–Crippen LogP) is 3.79. The quantitative estimate of drug-likeness (QED) is 0.620. The molecule has 0 amide bonds. The lowest BCUT2D eigenvalue weighted by Gasteiger charge is -2.44. The van der Waals surface area contributed by atoms with Crippen molar-refractivity contribution in [2.24, 2.45) is 0 Å². The summed E-state index contributed by atoms with van der Waals surface area (Å²) in [7, 11) is 0. The number of pyridine rings is 1. The van der Waals surface area contributed by atoms with Gasteiger partial charge in [0.15, 0.2) is 5.82 Å². The first kappa shape index (κ1) is 22.8. The number of halogens is 3. The van der Waals surface area contributed by atoms with Gasteiger partial charge in [-0.25, -0.2) is 4.98 Å². The summed E-state index contributed by atoms with van der Waals surface area (Å²) >= 11 is 0. The molecule has 2 aliphatic heterocycles. The number of nitrogens with zero attached hydrogens (tertiary/aromatic N) is 5. The van der Waals surface area contributed by atoms with Crippen LogP contribution in [-0.2, 0) is 17.5 Å².